The average Bonchev–Trinajstić information content (AvgIpc) is 3.15. The van der Waals surface area contributed by atoms with Gasteiger partial charge in [0.1, 0.15) is 12.1 Å². The number of para-hydroxylation sites is 1. The van der Waals surface area contributed by atoms with Crippen LogP contribution in [0.4, 0.5) is 11.4 Å². The Kier molecular flexibility index (Phi) is 7.68. The van der Waals surface area contributed by atoms with Gasteiger partial charge in [-0.2, -0.15) is 0 Å². The number of carbonyl (C=O) groups is 3. The second-order valence-corrected chi connectivity index (χ2v) is 9.94. The second-order valence-electron chi connectivity index (χ2n) is 9.53. The van der Waals surface area contributed by atoms with Crippen LogP contribution in [0.5, 0.6) is 0 Å². The van der Waals surface area contributed by atoms with Crippen molar-refractivity contribution in [1.82, 2.24) is 15.1 Å². The van der Waals surface area contributed by atoms with Gasteiger partial charge in [-0.15, -0.1) is 0 Å². The molecule has 0 aliphatic carbocycles. The van der Waals surface area contributed by atoms with Gasteiger partial charge in [0.15, 0.2) is 0 Å². The molecule has 196 valence electrons. The van der Waals surface area contributed by atoms with Crippen LogP contribution in [0.25, 0.3) is 0 Å². The van der Waals surface area contributed by atoms with E-state index in [0.29, 0.717) is 25.9 Å². The van der Waals surface area contributed by atoms with Crippen LogP contribution in [0.2, 0.25) is 5.02 Å². The molecule has 2 aromatic carbocycles. The van der Waals surface area contributed by atoms with Crippen LogP contribution in [-0.4, -0.2) is 70.3 Å². The Morgan fingerprint density at radius 1 is 1.16 bits per heavy atom. The standard InChI is InChI=1S/C26H30ClN5O5/c1-3-18(2)28-23(33)16-30-17-31(19-7-5-4-6-8-19)26(25(30)35)11-13-29(14-12-26)24(34)21-10-9-20(32(36)37)15-22(21)27/h4-10,15,18H,3,11-14,16-17H2,1-2H3,(H,28,33). The summed E-state index contributed by atoms with van der Waals surface area (Å²) in [4.78, 5) is 55.2. The lowest BCUT2D eigenvalue weighted by Gasteiger charge is -2.43. The number of amides is 3. The van der Waals surface area contributed by atoms with E-state index in [0.717, 1.165) is 12.1 Å². The smallest absolute Gasteiger partial charge is 0.270 e. The molecule has 0 aromatic heterocycles. The number of anilines is 1. The van der Waals surface area contributed by atoms with E-state index in [4.69, 9.17) is 11.6 Å². The molecule has 1 unspecified atom stereocenters. The van der Waals surface area contributed by atoms with Crippen LogP contribution in [0.1, 0.15) is 43.5 Å². The lowest BCUT2D eigenvalue weighted by molar-refractivity contribution is -0.384. The predicted octanol–water partition coefficient (Wildman–Crippen LogP) is 3.44. The van der Waals surface area contributed by atoms with Crippen molar-refractivity contribution in [3.8, 4) is 0 Å². The van der Waals surface area contributed by atoms with E-state index < -0.39 is 10.5 Å². The Labute approximate surface area is 220 Å². The molecular weight excluding hydrogens is 498 g/mol. The number of non-ortho nitro benzene ring substituents is 1. The molecule has 3 amide bonds. The number of likely N-dealkylation sites (tertiary alicyclic amines) is 1. The molecule has 1 N–H and O–H groups in total. The maximum atomic E-state index is 13.8. The van der Waals surface area contributed by atoms with Gasteiger partial charge in [-0.3, -0.25) is 24.5 Å². The molecule has 10 nitrogen and oxygen atoms in total. The van der Waals surface area contributed by atoms with E-state index in [-0.39, 0.29) is 53.3 Å². The first-order valence-electron chi connectivity index (χ1n) is 12.3. The first kappa shape index (κ1) is 26.4. The Morgan fingerprint density at radius 2 is 1.84 bits per heavy atom. The first-order chi connectivity index (χ1) is 17.7. The van der Waals surface area contributed by atoms with Crippen molar-refractivity contribution in [2.24, 2.45) is 0 Å². The van der Waals surface area contributed by atoms with Crippen molar-refractivity contribution in [2.75, 3.05) is 31.2 Å². The van der Waals surface area contributed by atoms with Crippen LogP contribution in [0.15, 0.2) is 48.5 Å². The van der Waals surface area contributed by atoms with Gasteiger partial charge in [0.05, 0.1) is 22.2 Å². The Balaban J connectivity index is 1.54. The molecule has 4 rings (SSSR count). The van der Waals surface area contributed by atoms with Crippen LogP contribution in [0, 0.1) is 10.1 Å². The third-order valence-electron chi connectivity index (χ3n) is 7.21. The maximum Gasteiger partial charge on any atom is 0.270 e. The Morgan fingerprint density at radius 3 is 2.43 bits per heavy atom. The third kappa shape index (κ3) is 5.24. The van der Waals surface area contributed by atoms with Crippen molar-refractivity contribution in [1.29, 1.82) is 0 Å². The molecule has 37 heavy (non-hydrogen) atoms. The van der Waals surface area contributed by atoms with Crippen LogP contribution in [0.3, 0.4) is 0 Å². The van der Waals surface area contributed by atoms with Crippen LogP contribution >= 0.6 is 11.6 Å². The fraction of sp³-hybridized carbons (Fsp3) is 0.423. The molecule has 11 heteroatoms. The van der Waals surface area contributed by atoms with Gasteiger partial charge in [-0.1, -0.05) is 36.7 Å². The lowest BCUT2D eigenvalue weighted by Crippen LogP contribution is -2.57. The number of benzene rings is 2. The molecule has 1 atom stereocenters. The van der Waals surface area contributed by atoms with E-state index in [1.807, 2.05) is 49.1 Å². The highest BCUT2D eigenvalue weighted by molar-refractivity contribution is 6.34. The molecule has 2 heterocycles. The SMILES string of the molecule is CCC(C)NC(=O)CN1CN(c2ccccc2)C2(CCN(C(=O)c3ccc([N+](=O)[O-])cc3Cl)CC2)C1=O. The van der Waals surface area contributed by atoms with E-state index in [2.05, 4.69) is 5.32 Å². The number of nitro benzene ring substituents is 1. The lowest BCUT2D eigenvalue weighted by atomic mass is 9.85. The zero-order valence-corrected chi connectivity index (χ0v) is 21.6. The van der Waals surface area contributed by atoms with E-state index in [9.17, 15) is 24.5 Å². The molecule has 2 aliphatic rings. The molecule has 0 bridgehead atoms. The fourth-order valence-corrected chi connectivity index (χ4v) is 5.21. The highest BCUT2D eigenvalue weighted by Crippen LogP contribution is 2.40. The summed E-state index contributed by atoms with van der Waals surface area (Å²) in [6.45, 7) is 4.75. The molecule has 2 aliphatic heterocycles. The van der Waals surface area contributed by atoms with Gasteiger partial charge < -0.3 is 20.0 Å². The largest absolute Gasteiger partial charge is 0.352 e. The molecule has 0 saturated carbocycles. The second kappa shape index (κ2) is 10.8. The fourth-order valence-electron chi connectivity index (χ4n) is 4.96. The Hall–Kier alpha value is -3.66. The number of nitrogens with one attached hydrogen (secondary N) is 1. The van der Waals surface area contributed by atoms with Crippen molar-refractivity contribution >= 4 is 40.7 Å². The summed E-state index contributed by atoms with van der Waals surface area (Å²) in [5.74, 6) is -0.666. The minimum Gasteiger partial charge on any atom is -0.352 e. The average molecular weight is 528 g/mol. The van der Waals surface area contributed by atoms with Gasteiger partial charge >= 0.3 is 0 Å². The topological polar surface area (TPSA) is 116 Å². The molecular formula is C26H30ClN5O5. The van der Waals surface area contributed by atoms with Crippen molar-refractivity contribution in [3.05, 3.63) is 69.2 Å². The van der Waals surface area contributed by atoms with Crippen molar-refractivity contribution < 1.29 is 19.3 Å². The normalized spacial score (nSPS) is 17.7. The van der Waals surface area contributed by atoms with Crippen molar-refractivity contribution in [3.63, 3.8) is 0 Å². The molecule has 1 spiro atoms. The number of nitro groups is 1. The summed E-state index contributed by atoms with van der Waals surface area (Å²) < 4.78 is 0. The van der Waals surface area contributed by atoms with Gasteiger partial charge in [0.2, 0.25) is 5.91 Å². The zero-order valence-electron chi connectivity index (χ0n) is 20.9. The zero-order chi connectivity index (χ0) is 26.7. The summed E-state index contributed by atoms with van der Waals surface area (Å²) in [7, 11) is 0. The van der Waals surface area contributed by atoms with E-state index in [1.54, 1.807) is 9.80 Å². The number of halogens is 1. The number of carbonyl (C=O) groups excluding carboxylic acids is 3. The maximum absolute atomic E-state index is 13.8. The van der Waals surface area contributed by atoms with E-state index >= 15 is 0 Å². The van der Waals surface area contributed by atoms with Crippen LogP contribution < -0.4 is 10.2 Å². The van der Waals surface area contributed by atoms with Crippen molar-refractivity contribution in [2.45, 2.75) is 44.7 Å². The van der Waals surface area contributed by atoms with Gasteiger partial charge in [0.25, 0.3) is 17.5 Å². The minimum atomic E-state index is -0.881. The number of nitrogens with zero attached hydrogens (tertiary/aromatic N) is 4. The molecule has 0 radical (unpaired) electrons. The summed E-state index contributed by atoms with van der Waals surface area (Å²) in [6, 6.07) is 13.4. The number of hydrogen-bond donors (Lipinski definition) is 1. The summed E-state index contributed by atoms with van der Waals surface area (Å²) >= 11 is 6.19. The highest BCUT2D eigenvalue weighted by atomic mass is 35.5. The van der Waals surface area contributed by atoms with Gasteiger partial charge in [-0.25, -0.2) is 0 Å². The molecule has 2 saturated heterocycles. The monoisotopic (exact) mass is 527 g/mol. The minimum absolute atomic E-state index is 0.0147. The third-order valence-corrected chi connectivity index (χ3v) is 7.52. The molecule has 2 fully saturated rings. The number of piperidine rings is 1. The highest BCUT2D eigenvalue weighted by Gasteiger charge is 2.54. The van der Waals surface area contributed by atoms with Gasteiger partial charge in [0, 0.05) is 37.0 Å². The van der Waals surface area contributed by atoms with Crippen LogP contribution in [-0.2, 0) is 9.59 Å². The quantitative estimate of drug-likeness (QED) is 0.435. The first-order valence-corrected chi connectivity index (χ1v) is 12.7. The summed E-state index contributed by atoms with van der Waals surface area (Å²) in [5.41, 5.74) is -0.0108. The summed E-state index contributed by atoms with van der Waals surface area (Å²) in [6.07, 6.45) is 1.55. The predicted molar refractivity (Wildman–Crippen MR) is 139 cm³/mol. The number of rotatable bonds is 7. The summed E-state index contributed by atoms with van der Waals surface area (Å²) in [5, 5.41) is 13.9. The number of hydrogen-bond acceptors (Lipinski definition) is 6. The van der Waals surface area contributed by atoms with Gasteiger partial charge in [-0.05, 0) is 44.4 Å². The Bertz CT molecular complexity index is 1200. The molecule has 2 aromatic rings. The van der Waals surface area contributed by atoms with E-state index in [1.165, 1.54) is 18.2 Å².